The molecule has 6 nitrogen and oxygen atoms in total. The molecule has 0 saturated heterocycles. The smallest absolute Gasteiger partial charge is 0.257 e. The number of carbonyl (C=O) groups excluding carboxylic acids is 2. The van der Waals surface area contributed by atoms with Crippen molar-refractivity contribution in [3.63, 3.8) is 0 Å². The first-order valence-electron chi connectivity index (χ1n) is 9.25. The number of amides is 2. The van der Waals surface area contributed by atoms with Gasteiger partial charge in [-0.05, 0) is 12.1 Å². The third kappa shape index (κ3) is 5.16. The molecule has 0 spiro atoms. The normalized spacial score (nSPS) is 10.5. The first kappa shape index (κ1) is 19.9. The van der Waals surface area contributed by atoms with E-state index in [4.69, 9.17) is 0 Å². The van der Waals surface area contributed by atoms with Crippen molar-refractivity contribution in [3.05, 3.63) is 88.4 Å². The van der Waals surface area contributed by atoms with E-state index in [0.717, 1.165) is 16.3 Å². The van der Waals surface area contributed by atoms with Gasteiger partial charge in [0.1, 0.15) is 5.01 Å². The fourth-order valence-electron chi connectivity index (χ4n) is 2.72. The molecular weight excluding hydrogens is 416 g/mol. The molecule has 0 aliphatic rings. The van der Waals surface area contributed by atoms with Crippen LogP contribution in [0.3, 0.4) is 0 Å². The van der Waals surface area contributed by atoms with Crippen LogP contribution in [0.5, 0.6) is 0 Å². The Bertz CT molecular complexity index is 1140. The number of thiazole rings is 2. The number of aromatic nitrogens is 2. The van der Waals surface area contributed by atoms with Crippen LogP contribution in [0.25, 0.3) is 10.6 Å². The van der Waals surface area contributed by atoms with Gasteiger partial charge in [0.15, 0.2) is 5.13 Å². The molecule has 0 fully saturated rings. The van der Waals surface area contributed by atoms with Gasteiger partial charge in [-0.3, -0.25) is 14.9 Å². The summed E-state index contributed by atoms with van der Waals surface area (Å²) in [4.78, 5) is 33.3. The van der Waals surface area contributed by atoms with E-state index in [0.29, 0.717) is 22.9 Å². The van der Waals surface area contributed by atoms with Crippen LogP contribution in [0, 0.1) is 0 Å². The summed E-state index contributed by atoms with van der Waals surface area (Å²) in [7, 11) is 0. The molecular formula is C22H18N4O2S2. The van der Waals surface area contributed by atoms with Crippen molar-refractivity contribution < 1.29 is 9.59 Å². The summed E-state index contributed by atoms with van der Waals surface area (Å²) >= 11 is 2.85. The maximum atomic E-state index is 12.3. The largest absolute Gasteiger partial charge is 0.350 e. The molecule has 2 heterocycles. The lowest BCUT2D eigenvalue weighted by Gasteiger charge is -2.02. The van der Waals surface area contributed by atoms with Crippen molar-refractivity contribution >= 4 is 39.6 Å². The van der Waals surface area contributed by atoms with Crippen LogP contribution >= 0.6 is 22.7 Å². The quantitative estimate of drug-likeness (QED) is 0.452. The Balaban J connectivity index is 1.28. The molecule has 0 bridgehead atoms. The molecule has 150 valence electrons. The zero-order valence-electron chi connectivity index (χ0n) is 15.9. The first-order valence-corrected chi connectivity index (χ1v) is 11.0. The van der Waals surface area contributed by atoms with Crippen molar-refractivity contribution in [3.8, 4) is 10.6 Å². The molecule has 2 amide bonds. The van der Waals surface area contributed by atoms with Gasteiger partial charge in [0, 0.05) is 21.9 Å². The van der Waals surface area contributed by atoms with Crippen molar-refractivity contribution in [2.75, 3.05) is 5.32 Å². The van der Waals surface area contributed by atoms with E-state index in [1.54, 1.807) is 41.0 Å². The van der Waals surface area contributed by atoms with Gasteiger partial charge in [-0.2, -0.15) is 0 Å². The molecule has 0 saturated carbocycles. The molecule has 0 radical (unpaired) electrons. The van der Waals surface area contributed by atoms with Crippen molar-refractivity contribution in [2.45, 2.75) is 13.0 Å². The van der Waals surface area contributed by atoms with Crippen molar-refractivity contribution in [2.24, 2.45) is 0 Å². The number of hydrogen-bond donors (Lipinski definition) is 2. The Kier molecular flexibility index (Phi) is 6.26. The van der Waals surface area contributed by atoms with E-state index in [2.05, 4.69) is 20.6 Å². The maximum absolute atomic E-state index is 12.3. The zero-order chi connectivity index (χ0) is 20.8. The van der Waals surface area contributed by atoms with Crippen LogP contribution in [0.1, 0.15) is 21.7 Å². The molecule has 0 aliphatic heterocycles. The lowest BCUT2D eigenvalue weighted by atomic mass is 10.2. The molecule has 2 aromatic heterocycles. The number of nitrogens with zero attached hydrogens (tertiary/aromatic N) is 2. The van der Waals surface area contributed by atoms with Crippen LogP contribution < -0.4 is 10.6 Å². The van der Waals surface area contributed by atoms with Gasteiger partial charge >= 0.3 is 0 Å². The molecule has 0 atom stereocenters. The van der Waals surface area contributed by atoms with E-state index < -0.39 is 0 Å². The maximum Gasteiger partial charge on any atom is 0.257 e. The van der Waals surface area contributed by atoms with Crippen LogP contribution in [0.2, 0.25) is 0 Å². The van der Waals surface area contributed by atoms with Crippen molar-refractivity contribution in [1.29, 1.82) is 0 Å². The minimum absolute atomic E-state index is 0.143. The van der Waals surface area contributed by atoms with Crippen molar-refractivity contribution in [1.82, 2.24) is 15.3 Å². The van der Waals surface area contributed by atoms with Crippen LogP contribution in [-0.2, 0) is 17.8 Å². The highest BCUT2D eigenvalue weighted by Gasteiger charge is 2.12. The monoisotopic (exact) mass is 434 g/mol. The van der Waals surface area contributed by atoms with Gasteiger partial charge in [-0.25, -0.2) is 9.97 Å². The lowest BCUT2D eigenvalue weighted by Crippen LogP contribution is -2.24. The summed E-state index contributed by atoms with van der Waals surface area (Å²) in [5, 5.41) is 10.7. The van der Waals surface area contributed by atoms with Gasteiger partial charge in [0.25, 0.3) is 5.91 Å². The van der Waals surface area contributed by atoms with E-state index >= 15 is 0 Å². The van der Waals surface area contributed by atoms with Gasteiger partial charge in [0.2, 0.25) is 5.91 Å². The number of nitrogens with one attached hydrogen (secondary N) is 2. The second-order valence-corrected chi connectivity index (χ2v) is 8.14. The molecule has 8 heteroatoms. The fraction of sp³-hybridized carbons (Fsp3) is 0.0909. The predicted molar refractivity (Wildman–Crippen MR) is 120 cm³/mol. The topological polar surface area (TPSA) is 84.0 Å². The summed E-state index contributed by atoms with van der Waals surface area (Å²) in [5.74, 6) is -0.366. The molecule has 30 heavy (non-hydrogen) atoms. The average Bonchev–Trinajstić information content (AvgIpc) is 3.43. The van der Waals surface area contributed by atoms with E-state index in [-0.39, 0.29) is 18.2 Å². The SMILES string of the molecule is O=C(Cc1csc(NC(=O)c2ccccc2)n1)NCc1csc(-c2ccccc2)n1. The highest BCUT2D eigenvalue weighted by atomic mass is 32.1. The average molecular weight is 435 g/mol. The van der Waals surface area contributed by atoms with Crippen LogP contribution in [0.15, 0.2) is 71.4 Å². The summed E-state index contributed by atoms with van der Waals surface area (Å²) in [6.45, 7) is 0.365. The number of rotatable bonds is 7. The Labute approximate surface area is 181 Å². The molecule has 2 N–H and O–H groups in total. The summed E-state index contributed by atoms with van der Waals surface area (Å²) < 4.78 is 0. The number of carbonyl (C=O) groups is 2. The number of anilines is 1. The second kappa shape index (κ2) is 9.43. The van der Waals surface area contributed by atoms with Crippen LogP contribution in [0.4, 0.5) is 5.13 Å². The highest BCUT2D eigenvalue weighted by Crippen LogP contribution is 2.23. The van der Waals surface area contributed by atoms with Gasteiger partial charge < -0.3 is 5.32 Å². The molecule has 2 aromatic carbocycles. The minimum atomic E-state index is -0.223. The Morgan fingerprint density at radius 3 is 2.30 bits per heavy atom. The van der Waals surface area contributed by atoms with E-state index in [1.165, 1.54) is 11.3 Å². The second-order valence-electron chi connectivity index (χ2n) is 6.43. The molecule has 0 unspecified atom stereocenters. The van der Waals surface area contributed by atoms with Gasteiger partial charge in [-0.15, -0.1) is 22.7 Å². The van der Waals surface area contributed by atoms with E-state index in [1.807, 2.05) is 41.8 Å². The predicted octanol–water partition coefficient (Wildman–Crippen LogP) is 4.38. The molecule has 4 rings (SSSR count). The lowest BCUT2D eigenvalue weighted by molar-refractivity contribution is -0.120. The number of benzene rings is 2. The molecule has 4 aromatic rings. The zero-order valence-corrected chi connectivity index (χ0v) is 17.5. The van der Waals surface area contributed by atoms with Gasteiger partial charge in [-0.1, -0.05) is 48.5 Å². The highest BCUT2D eigenvalue weighted by molar-refractivity contribution is 7.14. The van der Waals surface area contributed by atoms with Gasteiger partial charge in [0.05, 0.1) is 24.4 Å². The Hall–Kier alpha value is -3.36. The third-order valence-electron chi connectivity index (χ3n) is 4.19. The molecule has 0 aliphatic carbocycles. The van der Waals surface area contributed by atoms with E-state index in [9.17, 15) is 9.59 Å². The minimum Gasteiger partial charge on any atom is -0.350 e. The fourth-order valence-corrected chi connectivity index (χ4v) is 4.25. The first-order chi connectivity index (χ1) is 14.7. The van der Waals surface area contributed by atoms with Crippen LogP contribution in [-0.4, -0.2) is 21.8 Å². The Morgan fingerprint density at radius 1 is 0.833 bits per heavy atom. The number of hydrogen-bond acceptors (Lipinski definition) is 6. The third-order valence-corrected chi connectivity index (χ3v) is 5.94. The summed E-state index contributed by atoms with van der Waals surface area (Å²) in [6, 6.07) is 18.9. The summed E-state index contributed by atoms with van der Waals surface area (Å²) in [6.07, 6.45) is 0.146. The Morgan fingerprint density at radius 2 is 1.53 bits per heavy atom. The standard InChI is InChI=1S/C22H18N4O2S2/c27-19(23-12-18-14-29-21(24-18)16-9-5-2-6-10-16)11-17-13-30-22(25-17)26-20(28)15-7-3-1-4-8-15/h1-10,13-14H,11-12H2,(H,23,27)(H,25,26,28). The summed E-state index contributed by atoms with van der Waals surface area (Å²) in [5.41, 5.74) is 3.06.